The molecule has 0 amide bonds. The van der Waals surface area contributed by atoms with E-state index in [1.54, 1.807) is 0 Å². The monoisotopic (exact) mass is 215 g/mol. The predicted molar refractivity (Wildman–Crippen MR) is 67.4 cm³/mol. The fourth-order valence-corrected chi connectivity index (χ4v) is 1.58. The lowest BCUT2D eigenvalue weighted by Crippen LogP contribution is -2.13. The molecule has 0 radical (unpaired) electrons. The van der Waals surface area contributed by atoms with Crippen LogP contribution in [0, 0.1) is 0 Å². The third-order valence-corrected chi connectivity index (χ3v) is 2.36. The van der Waals surface area contributed by atoms with Crippen LogP contribution in [0.4, 0.5) is 0 Å². The van der Waals surface area contributed by atoms with Crippen LogP contribution in [0.25, 0.3) is 11.7 Å². The number of nitrogens with one attached hydrogen (secondary N) is 1. The highest BCUT2D eigenvalue weighted by molar-refractivity contribution is 5.51. The van der Waals surface area contributed by atoms with E-state index in [0.717, 1.165) is 24.4 Å². The van der Waals surface area contributed by atoms with Crippen LogP contribution < -0.4 is 5.32 Å². The second-order valence-electron chi connectivity index (χ2n) is 3.74. The first kappa shape index (κ1) is 10.9. The van der Waals surface area contributed by atoms with Gasteiger partial charge in [0.1, 0.15) is 5.65 Å². The molecule has 0 fully saturated rings. The van der Waals surface area contributed by atoms with Gasteiger partial charge in [-0.15, -0.1) is 0 Å². The van der Waals surface area contributed by atoms with Crippen molar-refractivity contribution in [3.63, 3.8) is 0 Å². The molecule has 84 valence electrons. The van der Waals surface area contributed by atoms with Gasteiger partial charge in [0.25, 0.3) is 0 Å². The van der Waals surface area contributed by atoms with Crippen LogP contribution in [-0.2, 0) is 0 Å². The Balaban J connectivity index is 1.98. The normalized spacial score (nSPS) is 11.6. The van der Waals surface area contributed by atoms with Crippen molar-refractivity contribution in [2.75, 3.05) is 13.1 Å². The van der Waals surface area contributed by atoms with E-state index in [0.29, 0.717) is 0 Å². The van der Waals surface area contributed by atoms with E-state index in [1.807, 2.05) is 35.0 Å². The summed E-state index contributed by atoms with van der Waals surface area (Å²) in [6.07, 6.45) is 9.37. The Morgan fingerprint density at radius 2 is 2.38 bits per heavy atom. The van der Waals surface area contributed by atoms with Crippen molar-refractivity contribution in [3.05, 3.63) is 42.4 Å². The molecule has 0 aliphatic carbocycles. The summed E-state index contributed by atoms with van der Waals surface area (Å²) in [7, 11) is 0. The van der Waals surface area contributed by atoms with Crippen molar-refractivity contribution in [2.45, 2.75) is 13.3 Å². The Morgan fingerprint density at radius 1 is 1.44 bits per heavy atom. The number of fused-ring (bicyclic) bond motifs is 1. The first-order valence-electron chi connectivity index (χ1n) is 5.71. The minimum atomic E-state index is 0.904. The fourth-order valence-electron chi connectivity index (χ4n) is 1.58. The zero-order valence-electron chi connectivity index (χ0n) is 9.56. The second-order valence-corrected chi connectivity index (χ2v) is 3.74. The molecule has 2 aromatic heterocycles. The molecule has 3 heteroatoms. The van der Waals surface area contributed by atoms with Gasteiger partial charge in [0, 0.05) is 18.9 Å². The molecule has 2 rings (SSSR count). The van der Waals surface area contributed by atoms with Crippen LogP contribution in [0.1, 0.15) is 19.0 Å². The van der Waals surface area contributed by atoms with E-state index in [9.17, 15) is 0 Å². The van der Waals surface area contributed by atoms with Crippen LogP contribution >= 0.6 is 0 Å². The lowest BCUT2D eigenvalue weighted by Gasteiger charge is -1.94. The van der Waals surface area contributed by atoms with Crippen molar-refractivity contribution < 1.29 is 0 Å². The van der Waals surface area contributed by atoms with Gasteiger partial charge in [0.2, 0.25) is 0 Å². The summed E-state index contributed by atoms with van der Waals surface area (Å²) in [5.41, 5.74) is 1.99. The zero-order chi connectivity index (χ0) is 11.2. The summed E-state index contributed by atoms with van der Waals surface area (Å²) < 4.78 is 2.03. The van der Waals surface area contributed by atoms with Gasteiger partial charge in [-0.2, -0.15) is 0 Å². The SMILES string of the molecule is CCCNCC=Cc1cn2ccccc2n1. The van der Waals surface area contributed by atoms with Gasteiger partial charge < -0.3 is 9.72 Å². The molecule has 0 aliphatic rings. The fraction of sp³-hybridized carbons (Fsp3) is 0.308. The van der Waals surface area contributed by atoms with Gasteiger partial charge in [-0.3, -0.25) is 0 Å². The maximum Gasteiger partial charge on any atom is 0.137 e. The molecule has 2 aromatic rings. The molecule has 1 N–H and O–H groups in total. The molecule has 0 saturated heterocycles. The third kappa shape index (κ3) is 2.70. The summed E-state index contributed by atoms with van der Waals surface area (Å²) in [5, 5.41) is 3.32. The molecule has 0 spiro atoms. The lowest BCUT2D eigenvalue weighted by molar-refractivity contribution is 0.730. The van der Waals surface area contributed by atoms with Gasteiger partial charge in [0.05, 0.1) is 5.69 Å². The van der Waals surface area contributed by atoms with Crippen LogP contribution in [-0.4, -0.2) is 22.5 Å². The molecule has 0 aliphatic heterocycles. The standard InChI is InChI=1S/C13H17N3/c1-2-8-14-9-5-6-12-11-16-10-4-3-7-13(16)15-12/h3-7,10-11,14H,2,8-9H2,1H3. The molecule has 16 heavy (non-hydrogen) atoms. The van der Waals surface area contributed by atoms with Crippen molar-refractivity contribution in [1.29, 1.82) is 0 Å². The highest BCUT2D eigenvalue weighted by atomic mass is 15.0. The largest absolute Gasteiger partial charge is 0.313 e. The van der Waals surface area contributed by atoms with Crippen molar-refractivity contribution in [1.82, 2.24) is 14.7 Å². The number of imidazole rings is 1. The zero-order valence-corrected chi connectivity index (χ0v) is 9.56. The van der Waals surface area contributed by atoms with Gasteiger partial charge in [-0.05, 0) is 31.2 Å². The Bertz CT molecular complexity index is 438. The predicted octanol–water partition coefficient (Wildman–Crippen LogP) is 2.35. The van der Waals surface area contributed by atoms with E-state index in [4.69, 9.17) is 0 Å². The Hall–Kier alpha value is -1.61. The summed E-state index contributed by atoms with van der Waals surface area (Å²) in [4.78, 5) is 4.48. The molecule has 0 unspecified atom stereocenters. The van der Waals surface area contributed by atoms with Crippen LogP contribution in [0.2, 0.25) is 0 Å². The summed E-state index contributed by atoms with van der Waals surface area (Å²) >= 11 is 0. The van der Waals surface area contributed by atoms with Gasteiger partial charge in [0.15, 0.2) is 0 Å². The van der Waals surface area contributed by atoms with Crippen LogP contribution in [0.15, 0.2) is 36.7 Å². The number of rotatable bonds is 5. The lowest BCUT2D eigenvalue weighted by atomic mass is 10.4. The highest BCUT2D eigenvalue weighted by Crippen LogP contribution is 2.05. The van der Waals surface area contributed by atoms with E-state index in [-0.39, 0.29) is 0 Å². The molecule has 0 aromatic carbocycles. The number of nitrogens with zero attached hydrogens (tertiary/aromatic N) is 2. The van der Waals surface area contributed by atoms with Gasteiger partial charge in [-0.25, -0.2) is 4.98 Å². The minimum Gasteiger partial charge on any atom is -0.313 e. The van der Waals surface area contributed by atoms with Gasteiger partial charge in [-0.1, -0.05) is 19.1 Å². The second kappa shape index (κ2) is 5.47. The number of aromatic nitrogens is 2. The number of hydrogen-bond donors (Lipinski definition) is 1. The molecular weight excluding hydrogens is 198 g/mol. The molecule has 0 bridgehead atoms. The summed E-state index contributed by atoms with van der Waals surface area (Å²) in [6.45, 7) is 4.13. The molecule has 3 nitrogen and oxygen atoms in total. The molecule has 2 heterocycles. The summed E-state index contributed by atoms with van der Waals surface area (Å²) in [5.74, 6) is 0. The van der Waals surface area contributed by atoms with Crippen molar-refractivity contribution in [2.24, 2.45) is 0 Å². The first-order chi connectivity index (χ1) is 7.90. The van der Waals surface area contributed by atoms with Crippen LogP contribution in [0.5, 0.6) is 0 Å². The van der Waals surface area contributed by atoms with Crippen LogP contribution in [0.3, 0.4) is 0 Å². The van der Waals surface area contributed by atoms with Crippen molar-refractivity contribution in [3.8, 4) is 0 Å². The Labute approximate surface area is 95.8 Å². The Morgan fingerprint density at radius 3 is 3.19 bits per heavy atom. The average Bonchev–Trinajstić information content (AvgIpc) is 2.71. The maximum absolute atomic E-state index is 4.48. The Kier molecular flexibility index (Phi) is 3.72. The van der Waals surface area contributed by atoms with Gasteiger partial charge >= 0.3 is 0 Å². The summed E-state index contributed by atoms with van der Waals surface area (Å²) in [6, 6.07) is 6.01. The first-order valence-corrected chi connectivity index (χ1v) is 5.71. The number of pyridine rings is 1. The number of hydrogen-bond acceptors (Lipinski definition) is 2. The topological polar surface area (TPSA) is 29.3 Å². The minimum absolute atomic E-state index is 0.904. The third-order valence-electron chi connectivity index (χ3n) is 2.36. The van der Waals surface area contributed by atoms with E-state index in [2.05, 4.69) is 29.4 Å². The molecular formula is C13H17N3. The average molecular weight is 215 g/mol. The quantitative estimate of drug-likeness (QED) is 0.776. The highest BCUT2D eigenvalue weighted by Gasteiger charge is 1.95. The van der Waals surface area contributed by atoms with E-state index < -0.39 is 0 Å². The molecule has 0 atom stereocenters. The van der Waals surface area contributed by atoms with E-state index in [1.165, 1.54) is 6.42 Å². The van der Waals surface area contributed by atoms with Crippen molar-refractivity contribution >= 4 is 11.7 Å². The van der Waals surface area contributed by atoms with E-state index >= 15 is 0 Å². The molecule has 0 saturated carbocycles. The maximum atomic E-state index is 4.48. The smallest absolute Gasteiger partial charge is 0.137 e.